The second-order valence-electron chi connectivity index (χ2n) is 7.11. The van der Waals surface area contributed by atoms with Crippen molar-refractivity contribution in [2.45, 2.75) is 39.5 Å². The Bertz CT molecular complexity index is 1000. The van der Waals surface area contributed by atoms with Crippen LogP contribution in [0.15, 0.2) is 24.5 Å². The first-order valence-corrected chi connectivity index (χ1v) is 10.7. The number of rotatable bonds is 10. The van der Waals surface area contributed by atoms with Crippen LogP contribution in [0, 0.1) is 17.2 Å². The Morgan fingerprint density at radius 1 is 1.14 bits per heavy atom. The van der Waals surface area contributed by atoms with Gasteiger partial charge in [-0.25, -0.2) is 4.98 Å². The molecule has 0 saturated carbocycles. The fourth-order valence-corrected chi connectivity index (χ4v) is 4.12. The van der Waals surface area contributed by atoms with E-state index >= 15 is 0 Å². The summed E-state index contributed by atoms with van der Waals surface area (Å²) in [5, 5.41) is 10.4. The third-order valence-corrected chi connectivity index (χ3v) is 5.92. The zero-order valence-electron chi connectivity index (χ0n) is 17.4. The van der Waals surface area contributed by atoms with Gasteiger partial charge in [0, 0.05) is 18.2 Å². The standard InChI is InChI=1S/C22H27N3O3S/c1-5-6-7-8-15(2)13-28-20-11-22(29-21(20)12-23)25-14-24-16-9-18(26-3)19(27-4)10-17(16)25/h9-11,14-15H,5-8,13H2,1-4H3. The van der Waals surface area contributed by atoms with Crippen molar-refractivity contribution in [3.8, 4) is 28.3 Å². The Morgan fingerprint density at radius 3 is 2.59 bits per heavy atom. The number of aromatic nitrogens is 2. The lowest BCUT2D eigenvalue weighted by atomic mass is 10.0. The van der Waals surface area contributed by atoms with E-state index in [-0.39, 0.29) is 0 Å². The lowest BCUT2D eigenvalue weighted by Crippen LogP contribution is -2.08. The van der Waals surface area contributed by atoms with E-state index in [0.29, 0.717) is 34.7 Å². The molecule has 0 fully saturated rings. The molecule has 2 heterocycles. The molecule has 0 N–H and O–H groups in total. The molecule has 0 radical (unpaired) electrons. The van der Waals surface area contributed by atoms with Crippen molar-refractivity contribution in [2.24, 2.45) is 5.92 Å². The molecule has 0 aliphatic rings. The molecule has 0 saturated heterocycles. The quantitative estimate of drug-likeness (QED) is 0.406. The molecule has 0 bridgehead atoms. The largest absolute Gasteiger partial charge is 0.493 e. The van der Waals surface area contributed by atoms with Crippen molar-refractivity contribution in [1.29, 1.82) is 5.26 Å². The number of hydrogen-bond acceptors (Lipinski definition) is 6. The summed E-state index contributed by atoms with van der Waals surface area (Å²) in [6.45, 7) is 5.01. The van der Waals surface area contributed by atoms with Crippen LogP contribution in [0.2, 0.25) is 0 Å². The van der Waals surface area contributed by atoms with E-state index in [0.717, 1.165) is 22.5 Å². The van der Waals surface area contributed by atoms with Gasteiger partial charge in [-0.2, -0.15) is 5.26 Å². The third-order valence-electron chi connectivity index (χ3n) is 4.90. The molecule has 1 unspecified atom stereocenters. The average Bonchev–Trinajstić information content (AvgIpc) is 3.34. The van der Waals surface area contributed by atoms with Gasteiger partial charge in [-0.1, -0.05) is 33.1 Å². The summed E-state index contributed by atoms with van der Waals surface area (Å²) in [6.07, 6.45) is 6.56. The van der Waals surface area contributed by atoms with Crippen molar-refractivity contribution >= 4 is 22.4 Å². The van der Waals surface area contributed by atoms with Gasteiger partial charge in [-0.05, 0) is 12.3 Å². The van der Waals surface area contributed by atoms with Gasteiger partial charge in [0.15, 0.2) is 11.5 Å². The van der Waals surface area contributed by atoms with Crippen molar-refractivity contribution < 1.29 is 14.2 Å². The number of nitriles is 1. The molecule has 154 valence electrons. The minimum absolute atomic E-state index is 0.460. The molecule has 2 aromatic heterocycles. The van der Waals surface area contributed by atoms with E-state index in [2.05, 4.69) is 24.9 Å². The number of hydrogen-bond donors (Lipinski definition) is 0. The molecule has 0 aliphatic heterocycles. The molecule has 1 aromatic carbocycles. The van der Waals surface area contributed by atoms with Gasteiger partial charge >= 0.3 is 0 Å². The highest BCUT2D eigenvalue weighted by atomic mass is 32.1. The molecule has 7 heteroatoms. The Morgan fingerprint density at radius 2 is 1.90 bits per heavy atom. The number of nitrogens with zero attached hydrogens (tertiary/aromatic N) is 3. The maximum atomic E-state index is 9.55. The van der Waals surface area contributed by atoms with Gasteiger partial charge in [0.25, 0.3) is 0 Å². The van der Waals surface area contributed by atoms with Crippen LogP contribution in [-0.2, 0) is 0 Å². The highest BCUT2D eigenvalue weighted by Gasteiger charge is 2.16. The molecule has 1 atom stereocenters. The summed E-state index contributed by atoms with van der Waals surface area (Å²) in [5.74, 6) is 2.37. The molecule has 6 nitrogen and oxygen atoms in total. The van der Waals surface area contributed by atoms with Crippen LogP contribution >= 0.6 is 11.3 Å². The summed E-state index contributed by atoms with van der Waals surface area (Å²) in [4.78, 5) is 5.04. The van der Waals surface area contributed by atoms with Crippen molar-refractivity contribution in [1.82, 2.24) is 9.55 Å². The molecular formula is C22H27N3O3S. The molecule has 0 amide bonds. The number of imidazole rings is 1. The normalized spacial score (nSPS) is 12.0. The van der Waals surface area contributed by atoms with Gasteiger partial charge in [0.2, 0.25) is 0 Å². The number of ether oxygens (including phenoxy) is 3. The Labute approximate surface area is 175 Å². The summed E-state index contributed by atoms with van der Waals surface area (Å²) in [6, 6.07) is 7.91. The molecule has 0 aliphatic carbocycles. The smallest absolute Gasteiger partial charge is 0.163 e. The SMILES string of the molecule is CCCCCC(C)COc1cc(-n2cnc3cc(OC)c(OC)cc32)sc1C#N. The Balaban J connectivity index is 1.84. The molecule has 3 aromatic rings. The van der Waals surface area contributed by atoms with Gasteiger partial charge < -0.3 is 14.2 Å². The van der Waals surface area contributed by atoms with E-state index < -0.39 is 0 Å². The molecule has 29 heavy (non-hydrogen) atoms. The van der Waals surface area contributed by atoms with E-state index in [9.17, 15) is 5.26 Å². The predicted molar refractivity (Wildman–Crippen MR) is 116 cm³/mol. The van der Waals surface area contributed by atoms with Gasteiger partial charge in [0.05, 0.1) is 31.9 Å². The van der Waals surface area contributed by atoms with Gasteiger partial charge in [-0.15, -0.1) is 11.3 Å². The van der Waals surface area contributed by atoms with Crippen LogP contribution < -0.4 is 14.2 Å². The van der Waals surface area contributed by atoms with Crippen molar-refractivity contribution in [3.63, 3.8) is 0 Å². The van der Waals surface area contributed by atoms with Crippen LogP contribution in [0.3, 0.4) is 0 Å². The average molecular weight is 414 g/mol. The first-order chi connectivity index (χ1) is 14.1. The molecule has 0 spiro atoms. The lowest BCUT2D eigenvalue weighted by molar-refractivity contribution is 0.249. The fourth-order valence-electron chi connectivity index (χ4n) is 3.24. The van der Waals surface area contributed by atoms with E-state index in [1.807, 2.05) is 22.8 Å². The number of methoxy groups -OCH3 is 2. The molecule has 3 rings (SSSR count). The Hall–Kier alpha value is -2.72. The van der Waals surface area contributed by atoms with Crippen LogP contribution in [0.5, 0.6) is 17.2 Å². The minimum atomic E-state index is 0.460. The van der Waals surface area contributed by atoms with Gasteiger partial charge in [-0.3, -0.25) is 4.57 Å². The Kier molecular flexibility index (Phi) is 6.99. The maximum absolute atomic E-state index is 9.55. The van der Waals surface area contributed by atoms with Crippen LogP contribution in [0.25, 0.3) is 16.0 Å². The van der Waals surface area contributed by atoms with E-state index in [1.165, 1.54) is 30.6 Å². The van der Waals surface area contributed by atoms with Gasteiger partial charge in [0.1, 0.15) is 28.0 Å². The number of fused-ring (bicyclic) bond motifs is 1. The fraction of sp³-hybridized carbons (Fsp3) is 0.455. The number of benzene rings is 1. The molecular weight excluding hydrogens is 386 g/mol. The van der Waals surface area contributed by atoms with Crippen LogP contribution in [0.4, 0.5) is 0 Å². The van der Waals surface area contributed by atoms with E-state index in [4.69, 9.17) is 14.2 Å². The zero-order valence-corrected chi connectivity index (χ0v) is 18.2. The first-order valence-electron chi connectivity index (χ1n) is 9.87. The highest BCUT2D eigenvalue weighted by molar-refractivity contribution is 7.15. The second kappa shape index (κ2) is 9.66. The summed E-state index contributed by atoms with van der Waals surface area (Å²) in [5.41, 5.74) is 1.68. The summed E-state index contributed by atoms with van der Waals surface area (Å²) < 4.78 is 18.7. The monoisotopic (exact) mass is 413 g/mol. The van der Waals surface area contributed by atoms with E-state index in [1.54, 1.807) is 20.5 Å². The topological polar surface area (TPSA) is 69.3 Å². The van der Waals surface area contributed by atoms with Crippen LogP contribution in [0.1, 0.15) is 44.4 Å². The minimum Gasteiger partial charge on any atom is -0.493 e. The first kappa shape index (κ1) is 21.0. The number of unbranched alkanes of at least 4 members (excludes halogenated alkanes) is 2. The predicted octanol–water partition coefficient (Wildman–Crippen LogP) is 5.57. The third kappa shape index (κ3) is 4.65. The van der Waals surface area contributed by atoms with Crippen LogP contribution in [-0.4, -0.2) is 30.4 Å². The second-order valence-corrected chi connectivity index (χ2v) is 8.14. The summed E-state index contributed by atoms with van der Waals surface area (Å²) in [7, 11) is 3.21. The highest BCUT2D eigenvalue weighted by Crippen LogP contribution is 2.36. The maximum Gasteiger partial charge on any atom is 0.163 e. The lowest BCUT2D eigenvalue weighted by Gasteiger charge is -2.12. The zero-order chi connectivity index (χ0) is 20.8. The summed E-state index contributed by atoms with van der Waals surface area (Å²) >= 11 is 1.39. The van der Waals surface area contributed by atoms with Crippen molar-refractivity contribution in [2.75, 3.05) is 20.8 Å². The number of thiophene rings is 1. The van der Waals surface area contributed by atoms with Crippen molar-refractivity contribution in [3.05, 3.63) is 29.4 Å².